The highest BCUT2D eigenvalue weighted by atomic mass is 32.1. The van der Waals surface area contributed by atoms with Crippen LogP contribution in [0.3, 0.4) is 0 Å². The van der Waals surface area contributed by atoms with Crippen molar-refractivity contribution in [1.82, 2.24) is 19.9 Å². The van der Waals surface area contributed by atoms with Crippen LogP contribution in [0.4, 0.5) is 5.82 Å². The van der Waals surface area contributed by atoms with Crippen LogP contribution in [0.25, 0.3) is 16.2 Å². The molecule has 2 N–H and O–H groups in total. The molecule has 2 fully saturated rings. The van der Waals surface area contributed by atoms with Gasteiger partial charge in [0.05, 0.1) is 17.4 Å². The molecule has 2 aliphatic heterocycles. The number of pyridine rings is 2. The third-order valence-electron chi connectivity index (χ3n) is 6.35. The lowest BCUT2D eigenvalue weighted by Crippen LogP contribution is -2.55. The molecule has 10 nitrogen and oxygen atoms in total. The highest BCUT2D eigenvalue weighted by Gasteiger charge is 2.34. The van der Waals surface area contributed by atoms with Crippen LogP contribution in [0, 0.1) is 12.8 Å². The molecule has 3 aromatic heterocycles. The van der Waals surface area contributed by atoms with Crippen molar-refractivity contribution in [3.63, 3.8) is 0 Å². The maximum atomic E-state index is 12.9. The van der Waals surface area contributed by atoms with Gasteiger partial charge in [0.1, 0.15) is 11.4 Å². The normalized spacial score (nSPS) is 18.6. The van der Waals surface area contributed by atoms with Crippen LogP contribution in [0.5, 0.6) is 0 Å². The molecule has 2 aliphatic rings. The summed E-state index contributed by atoms with van der Waals surface area (Å²) in [6, 6.07) is 1.77. The number of nitrogens with zero attached hydrogens (tertiary/aromatic N) is 4. The van der Waals surface area contributed by atoms with Gasteiger partial charge in [-0.15, -0.1) is 11.3 Å². The van der Waals surface area contributed by atoms with Gasteiger partial charge >= 0.3 is 5.97 Å². The summed E-state index contributed by atoms with van der Waals surface area (Å²) in [5.41, 5.74) is 0.0729. The Hall–Kier alpha value is -3.31. The minimum atomic E-state index is -1.30. The van der Waals surface area contributed by atoms with Gasteiger partial charge in [-0.25, -0.2) is 14.8 Å². The Balaban J connectivity index is 1.38. The summed E-state index contributed by atoms with van der Waals surface area (Å²) in [6.45, 7) is 4.09. The molecule has 0 unspecified atom stereocenters. The predicted molar refractivity (Wildman–Crippen MR) is 127 cm³/mol. The average molecular weight is 484 g/mol. The van der Waals surface area contributed by atoms with Gasteiger partial charge in [0, 0.05) is 44.0 Å². The minimum absolute atomic E-state index is 0.00808. The van der Waals surface area contributed by atoms with Gasteiger partial charge in [0.15, 0.2) is 10.8 Å². The van der Waals surface area contributed by atoms with Crippen molar-refractivity contribution < 1.29 is 19.4 Å². The lowest BCUT2D eigenvalue weighted by Gasteiger charge is -2.39. The summed E-state index contributed by atoms with van der Waals surface area (Å²) in [4.78, 5) is 48.1. The number of aromatic carboxylic acids is 1. The van der Waals surface area contributed by atoms with Gasteiger partial charge in [0.25, 0.3) is 0 Å². The zero-order chi connectivity index (χ0) is 23.8. The van der Waals surface area contributed by atoms with Crippen LogP contribution in [-0.2, 0) is 9.53 Å². The molecule has 1 atom stereocenters. The fourth-order valence-electron chi connectivity index (χ4n) is 4.43. The van der Waals surface area contributed by atoms with Gasteiger partial charge in [-0.2, -0.15) is 0 Å². The summed E-state index contributed by atoms with van der Waals surface area (Å²) in [5.74, 6) is -0.793. The van der Waals surface area contributed by atoms with Crippen molar-refractivity contribution in [2.75, 3.05) is 31.1 Å². The minimum Gasteiger partial charge on any atom is -0.477 e. The SMILES string of the molecule is Cc1cc(N2CC(C(=O)NC[C@@H]3CCCCO3)C2)nc2c1c(=O)c(C(=O)O)cn2-c1nccs1. The number of aromatic nitrogens is 3. The third kappa shape index (κ3) is 4.16. The van der Waals surface area contributed by atoms with E-state index in [4.69, 9.17) is 9.72 Å². The molecule has 0 aliphatic carbocycles. The molecule has 0 bridgehead atoms. The van der Waals surface area contributed by atoms with Crippen LogP contribution in [0.2, 0.25) is 0 Å². The maximum Gasteiger partial charge on any atom is 0.341 e. The number of nitrogens with one attached hydrogen (secondary N) is 1. The molecule has 5 heterocycles. The van der Waals surface area contributed by atoms with Crippen molar-refractivity contribution in [1.29, 1.82) is 0 Å². The molecule has 0 aromatic carbocycles. The Morgan fingerprint density at radius 2 is 2.15 bits per heavy atom. The van der Waals surface area contributed by atoms with Crippen LogP contribution >= 0.6 is 11.3 Å². The van der Waals surface area contributed by atoms with Crippen LogP contribution < -0.4 is 15.6 Å². The van der Waals surface area contributed by atoms with Gasteiger partial charge < -0.3 is 20.1 Å². The van der Waals surface area contributed by atoms with Gasteiger partial charge in [0.2, 0.25) is 11.3 Å². The van der Waals surface area contributed by atoms with Crippen molar-refractivity contribution in [2.45, 2.75) is 32.3 Å². The monoisotopic (exact) mass is 483 g/mol. The topological polar surface area (TPSA) is 127 Å². The molecule has 0 saturated carbocycles. The van der Waals surface area contributed by atoms with E-state index in [0.29, 0.717) is 41.8 Å². The van der Waals surface area contributed by atoms with Gasteiger partial charge in [-0.1, -0.05) is 0 Å². The maximum absolute atomic E-state index is 12.9. The molecule has 11 heteroatoms. The number of thiazole rings is 1. The van der Waals surface area contributed by atoms with E-state index in [9.17, 15) is 19.5 Å². The Bertz CT molecular complexity index is 1290. The number of ether oxygens (including phenoxy) is 1. The van der Waals surface area contributed by atoms with E-state index >= 15 is 0 Å². The Labute approximate surface area is 199 Å². The second-order valence-electron chi connectivity index (χ2n) is 8.69. The number of aryl methyl sites for hydroxylation is 1. The van der Waals surface area contributed by atoms with E-state index in [0.717, 1.165) is 25.9 Å². The number of carboxylic acid groups (broad SMARTS) is 1. The molecule has 5 rings (SSSR count). The smallest absolute Gasteiger partial charge is 0.341 e. The molecule has 178 valence electrons. The lowest BCUT2D eigenvalue weighted by atomic mass is 9.98. The number of hydrogen-bond acceptors (Lipinski definition) is 8. The average Bonchev–Trinajstić information content (AvgIpc) is 3.32. The van der Waals surface area contributed by atoms with E-state index in [2.05, 4.69) is 10.3 Å². The molecule has 0 spiro atoms. The third-order valence-corrected chi connectivity index (χ3v) is 7.12. The highest BCUT2D eigenvalue weighted by Crippen LogP contribution is 2.28. The first kappa shape index (κ1) is 22.5. The van der Waals surface area contributed by atoms with Crippen LogP contribution in [-0.4, -0.2) is 63.9 Å². The Kier molecular flexibility index (Phi) is 6.05. The molecular formula is C23H25N5O5S. The van der Waals surface area contributed by atoms with E-state index in [1.807, 2.05) is 4.90 Å². The van der Waals surface area contributed by atoms with Crippen molar-refractivity contribution in [2.24, 2.45) is 5.92 Å². The largest absolute Gasteiger partial charge is 0.477 e. The summed E-state index contributed by atoms with van der Waals surface area (Å²) >= 11 is 1.32. The number of carboxylic acids is 1. The molecule has 3 aromatic rings. The number of amides is 1. The second kappa shape index (κ2) is 9.15. The second-order valence-corrected chi connectivity index (χ2v) is 9.57. The van der Waals surface area contributed by atoms with Gasteiger partial charge in [-0.3, -0.25) is 14.2 Å². The van der Waals surface area contributed by atoms with E-state index < -0.39 is 11.4 Å². The van der Waals surface area contributed by atoms with Crippen LogP contribution in [0.1, 0.15) is 35.2 Å². The summed E-state index contributed by atoms with van der Waals surface area (Å²) in [5, 5.41) is 15.1. The van der Waals surface area contributed by atoms with E-state index in [1.165, 1.54) is 17.5 Å². The summed E-state index contributed by atoms with van der Waals surface area (Å²) in [6.07, 6.45) is 6.16. The number of anilines is 1. The zero-order valence-corrected chi connectivity index (χ0v) is 19.5. The van der Waals surface area contributed by atoms with Crippen molar-refractivity contribution in [3.05, 3.63) is 45.2 Å². The number of carbonyl (C=O) groups is 2. The Morgan fingerprint density at radius 3 is 2.82 bits per heavy atom. The van der Waals surface area contributed by atoms with Crippen molar-refractivity contribution in [3.8, 4) is 5.13 Å². The molecular weight excluding hydrogens is 458 g/mol. The molecule has 0 radical (unpaired) electrons. The van der Waals surface area contributed by atoms with E-state index in [1.54, 1.807) is 29.1 Å². The zero-order valence-electron chi connectivity index (χ0n) is 18.7. The molecule has 1 amide bonds. The first-order chi connectivity index (χ1) is 16.4. The van der Waals surface area contributed by atoms with E-state index in [-0.39, 0.29) is 28.9 Å². The number of hydrogen-bond donors (Lipinski definition) is 2. The predicted octanol–water partition coefficient (Wildman–Crippen LogP) is 1.97. The molecule has 34 heavy (non-hydrogen) atoms. The Morgan fingerprint density at radius 1 is 1.32 bits per heavy atom. The van der Waals surface area contributed by atoms with Crippen molar-refractivity contribution >= 4 is 40.1 Å². The number of rotatable bonds is 6. The first-order valence-electron chi connectivity index (χ1n) is 11.3. The standard InChI is InChI=1S/C23H25N5O5S/c1-13-8-17(27-10-14(11-27)21(30)25-9-15-4-2-3-6-33-15)26-20-18(13)19(29)16(22(31)32)12-28(20)23-24-5-7-34-23/h5,7-8,12,14-15H,2-4,6,9-11H2,1H3,(H,25,30)(H,31,32)/t15-/m0/s1. The fraction of sp³-hybridized carbons (Fsp3) is 0.435. The fourth-order valence-corrected chi connectivity index (χ4v) is 5.05. The van der Waals surface area contributed by atoms with Crippen LogP contribution in [0.15, 0.2) is 28.6 Å². The first-order valence-corrected chi connectivity index (χ1v) is 12.1. The summed E-state index contributed by atoms with van der Waals surface area (Å²) in [7, 11) is 0. The number of fused-ring (bicyclic) bond motifs is 1. The summed E-state index contributed by atoms with van der Waals surface area (Å²) < 4.78 is 7.23. The molecule has 2 saturated heterocycles. The lowest BCUT2D eigenvalue weighted by molar-refractivity contribution is -0.126. The highest BCUT2D eigenvalue weighted by molar-refractivity contribution is 7.12. The van der Waals surface area contributed by atoms with Gasteiger partial charge in [-0.05, 0) is 37.8 Å². The quantitative estimate of drug-likeness (QED) is 0.545. The number of carbonyl (C=O) groups excluding carboxylic acids is 1.